The third kappa shape index (κ3) is 3.64. The van der Waals surface area contributed by atoms with Gasteiger partial charge in [0.2, 0.25) is 0 Å². The quantitative estimate of drug-likeness (QED) is 0.833. The number of piperazine rings is 1. The molecule has 2 aromatic carbocycles. The van der Waals surface area contributed by atoms with Crippen LogP contribution >= 0.6 is 11.6 Å². The normalized spacial score (nSPS) is 19.6. The van der Waals surface area contributed by atoms with E-state index >= 15 is 0 Å². The first-order chi connectivity index (χ1) is 13.6. The van der Waals surface area contributed by atoms with Crippen LogP contribution in [0, 0.1) is 5.92 Å². The van der Waals surface area contributed by atoms with Crippen LogP contribution in [0.25, 0.3) is 0 Å². The van der Waals surface area contributed by atoms with Gasteiger partial charge in [0.25, 0.3) is 0 Å². The highest BCUT2D eigenvalue weighted by Gasteiger charge is 2.32. The molecular weight excluding hydrogens is 374 g/mol. The third-order valence-electron chi connectivity index (χ3n) is 5.45. The second-order valence-electron chi connectivity index (χ2n) is 7.28. The molecule has 2 aromatic rings. The van der Waals surface area contributed by atoms with Crippen LogP contribution in [0.4, 0.5) is 5.69 Å². The van der Waals surface area contributed by atoms with Crippen molar-refractivity contribution < 1.29 is 9.53 Å². The smallest absolute Gasteiger partial charge is 0.153 e. The molecule has 0 saturated carbocycles. The number of nitrogens with zero attached hydrogens (tertiary/aromatic N) is 2. The monoisotopic (exact) mass is 397 g/mol. The van der Waals surface area contributed by atoms with Crippen molar-refractivity contribution in [1.82, 2.24) is 10.2 Å². The van der Waals surface area contributed by atoms with Crippen LogP contribution in [0.5, 0.6) is 11.5 Å². The van der Waals surface area contributed by atoms with Gasteiger partial charge in [-0.25, -0.2) is 4.99 Å². The number of hydrogen-bond donors (Lipinski definition) is 1. The Kier molecular flexibility index (Phi) is 5.38. The Labute approximate surface area is 170 Å². The van der Waals surface area contributed by atoms with E-state index in [0.29, 0.717) is 16.5 Å². The number of ketones is 1. The van der Waals surface area contributed by atoms with Gasteiger partial charge in [-0.1, -0.05) is 30.7 Å². The Morgan fingerprint density at radius 1 is 1.32 bits per heavy atom. The van der Waals surface area contributed by atoms with Gasteiger partial charge < -0.3 is 15.0 Å². The third-order valence-corrected chi connectivity index (χ3v) is 5.68. The summed E-state index contributed by atoms with van der Waals surface area (Å²) >= 11 is 6.21. The number of amidine groups is 1. The number of carbonyl (C=O) groups is 1. The number of para-hydroxylation sites is 1. The van der Waals surface area contributed by atoms with Crippen molar-refractivity contribution in [2.45, 2.75) is 26.3 Å². The van der Waals surface area contributed by atoms with E-state index in [4.69, 9.17) is 21.3 Å². The van der Waals surface area contributed by atoms with E-state index < -0.39 is 0 Å². The van der Waals surface area contributed by atoms with E-state index in [-0.39, 0.29) is 17.7 Å². The molecule has 2 atom stereocenters. The molecule has 2 heterocycles. The minimum Gasteiger partial charge on any atom is -0.454 e. The topological polar surface area (TPSA) is 53.9 Å². The largest absolute Gasteiger partial charge is 0.454 e. The zero-order valence-electron chi connectivity index (χ0n) is 16.1. The highest BCUT2D eigenvalue weighted by Crippen LogP contribution is 2.39. The molecule has 28 heavy (non-hydrogen) atoms. The number of nitrogens with one attached hydrogen (secondary N) is 1. The molecule has 0 bridgehead atoms. The molecule has 5 nitrogen and oxygen atoms in total. The van der Waals surface area contributed by atoms with Crippen molar-refractivity contribution in [2.24, 2.45) is 10.9 Å². The maximum atomic E-state index is 12.1. The minimum absolute atomic E-state index is 0.00222. The molecule has 2 aliphatic heterocycles. The Hall–Kier alpha value is -2.37. The van der Waals surface area contributed by atoms with Gasteiger partial charge in [0.1, 0.15) is 23.1 Å². The number of benzene rings is 2. The molecular formula is C22H24ClN3O2. The zero-order chi connectivity index (χ0) is 19.7. The molecule has 0 unspecified atom stereocenters. The number of halogens is 1. The van der Waals surface area contributed by atoms with Gasteiger partial charge in [-0.3, -0.25) is 4.79 Å². The molecule has 0 spiro atoms. The van der Waals surface area contributed by atoms with E-state index in [9.17, 15) is 4.79 Å². The van der Waals surface area contributed by atoms with E-state index in [1.54, 1.807) is 6.92 Å². The maximum absolute atomic E-state index is 12.1. The Bertz CT molecular complexity index is 928. The lowest BCUT2D eigenvalue weighted by atomic mass is 9.91. The van der Waals surface area contributed by atoms with Crippen molar-refractivity contribution in [3.05, 3.63) is 53.1 Å². The lowest BCUT2D eigenvalue weighted by Crippen LogP contribution is -2.56. The lowest BCUT2D eigenvalue weighted by molar-refractivity contribution is -0.122. The van der Waals surface area contributed by atoms with Gasteiger partial charge in [-0.15, -0.1) is 0 Å². The summed E-state index contributed by atoms with van der Waals surface area (Å²) in [7, 11) is 0. The molecule has 6 heteroatoms. The Morgan fingerprint density at radius 2 is 2.14 bits per heavy atom. The van der Waals surface area contributed by atoms with Crippen molar-refractivity contribution >= 4 is 28.9 Å². The van der Waals surface area contributed by atoms with Gasteiger partial charge in [0.05, 0.1) is 5.56 Å². The predicted octanol–water partition coefficient (Wildman–Crippen LogP) is 4.41. The first-order valence-corrected chi connectivity index (χ1v) is 10.1. The maximum Gasteiger partial charge on any atom is 0.153 e. The summed E-state index contributed by atoms with van der Waals surface area (Å²) in [5.41, 5.74) is 1.67. The highest BCUT2D eigenvalue weighted by molar-refractivity contribution is 6.31. The Morgan fingerprint density at radius 3 is 2.93 bits per heavy atom. The molecule has 1 fully saturated rings. The first kappa shape index (κ1) is 19.0. The molecule has 4 rings (SSSR count). The van der Waals surface area contributed by atoms with Crippen molar-refractivity contribution in [3.63, 3.8) is 0 Å². The van der Waals surface area contributed by atoms with Crippen LogP contribution in [-0.4, -0.2) is 42.2 Å². The molecule has 2 aliphatic rings. The van der Waals surface area contributed by atoms with Crippen molar-refractivity contribution in [2.75, 3.05) is 19.6 Å². The number of rotatable bonds is 3. The molecule has 0 amide bonds. The molecule has 0 radical (unpaired) electrons. The minimum atomic E-state index is 0.00222. The fourth-order valence-electron chi connectivity index (χ4n) is 4.03. The number of Topliss-reactive ketones (excluding diaryl/α,β-unsaturated/α-hetero) is 1. The van der Waals surface area contributed by atoms with Crippen LogP contribution in [0.1, 0.15) is 25.8 Å². The fourth-order valence-corrected chi connectivity index (χ4v) is 4.20. The van der Waals surface area contributed by atoms with Gasteiger partial charge in [-0.05, 0) is 43.7 Å². The molecule has 0 aromatic heterocycles. The number of carbonyl (C=O) groups excluding carboxylic acids is 1. The van der Waals surface area contributed by atoms with Crippen molar-refractivity contribution in [1.29, 1.82) is 0 Å². The first-order valence-electron chi connectivity index (χ1n) is 9.71. The van der Waals surface area contributed by atoms with Crippen LogP contribution in [0.2, 0.25) is 5.02 Å². The average molecular weight is 398 g/mol. The summed E-state index contributed by atoms with van der Waals surface area (Å²) in [6.45, 7) is 6.09. The molecule has 146 valence electrons. The lowest BCUT2D eigenvalue weighted by Gasteiger charge is -2.38. The van der Waals surface area contributed by atoms with Gasteiger partial charge >= 0.3 is 0 Å². The SMILES string of the molecule is CC[C@@H](C(C)=O)[C@@H]1CN(C2=Nc3cc(Cl)ccc3Oc3ccccc32)CCN1. The number of hydrogen-bond acceptors (Lipinski definition) is 5. The van der Waals surface area contributed by atoms with Crippen LogP contribution in [-0.2, 0) is 4.79 Å². The Balaban J connectivity index is 1.75. The van der Waals surface area contributed by atoms with Crippen LogP contribution < -0.4 is 10.1 Å². The average Bonchev–Trinajstić information content (AvgIpc) is 2.85. The number of aliphatic imine (C=N–C) groups is 1. The molecule has 1 saturated heterocycles. The molecule has 0 aliphatic carbocycles. The predicted molar refractivity (Wildman–Crippen MR) is 112 cm³/mol. The molecule has 1 N–H and O–H groups in total. The van der Waals surface area contributed by atoms with Gasteiger partial charge in [0.15, 0.2) is 5.75 Å². The van der Waals surface area contributed by atoms with Crippen molar-refractivity contribution in [3.8, 4) is 11.5 Å². The van der Waals surface area contributed by atoms with Gasteiger partial charge in [-0.2, -0.15) is 0 Å². The summed E-state index contributed by atoms with van der Waals surface area (Å²) in [4.78, 5) is 19.3. The second kappa shape index (κ2) is 7.94. The highest BCUT2D eigenvalue weighted by atomic mass is 35.5. The number of ether oxygens (including phenoxy) is 1. The van der Waals surface area contributed by atoms with E-state index in [1.165, 1.54) is 0 Å². The van der Waals surface area contributed by atoms with Gasteiger partial charge in [0, 0.05) is 36.6 Å². The second-order valence-corrected chi connectivity index (χ2v) is 7.71. The van der Waals surface area contributed by atoms with E-state index in [2.05, 4.69) is 17.1 Å². The number of fused-ring (bicyclic) bond motifs is 2. The van der Waals surface area contributed by atoms with Crippen LogP contribution in [0.3, 0.4) is 0 Å². The summed E-state index contributed by atoms with van der Waals surface area (Å²) in [6, 6.07) is 13.5. The summed E-state index contributed by atoms with van der Waals surface area (Å²) < 4.78 is 6.14. The fraction of sp³-hybridized carbons (Fsp3) is 0.364. The zero-order valence-corrected chi connectivity index (χ0v) is 16.9. The summed E-state index contributed by atoms with van der Waals surface area (Å²) in [5, 5.41) is 4.14. The summed E-state index contributed by atoms with van der Waals surface area (Å²) in [5.74, 6) is 2.55. The van der Waals surface area contributed by atoms with E-state index in [1.807, 2.05) is 42.5 Å². The standard InChI is InChI=1S/C22H24ClN3O2/c1-3-16(14(2)27)19-13-26(11-10-24-19)22-17-6-4-5-7-20(17)28-21-9-8-15(23)12-18(21)25-22/h4-9,12,16,19,24H,3,10-11,13H2,1-2H3/t16-,19-/m0/s1. The van der Waals surface area contributed by atoms with Crippen LogP contribution in [0.15, 0.2) is 47.5 Å². The summed E-state index contributed by atoms with van der Waals surface area (Å²) in [6.07, 6.45) is 0.825. The van der Waals surface area contributed by atoms with E-state index in [0.717, 1.165) is 43.2 Å².